The van der Waals surface area contributed by atoms with Gasteiger partial charge in [-0.2, -0.15) is 0 Å². The molecule has 0 amide bonds. The first-order valence-electron chi connectivity index (χ1n) is 10.8. The molecule has 0 spiro atoms. The third-order valence-corrected chi connectivity index (χ3v) is 5.10. The molecule has 0 radical (unpaired) electrons. The van der Waals surface area contributed by atoms with Crippen LogP contribution in [0.15, 0.2) is 54.6 Å². The Kier molecular flexibility index (Phi) is 7.52. The minimum absolute atomic E-state index is 0.129. The topological polar surface area (TPSA) is 47.6 Å². The third kappa shape index (κ3) is 6.10. The molecule has 0 unspecified atom stereocenters. The molecular formula is C27H30FNO3. The number of esters is 1. The summed E-state index contributed by atoms with van der Waals surface area (Å²) in [6.07, 6.45) is -0.172. The van der Waals surface area contributed by atoms with Crippen molar-refractivity contribution in [2.24, 2.45) is 0 Å². The molecule has 0 heterocycles. The van der Waals surface area contributed by atoms with E-state index in [1.165, 1.54) is 6.07 Å². The van der Waals surface area contributed by atoms with Crippen molar-refractivity contribution in [1.82, 2.24) is 0 Å². The summed E-state index contributed by atoms with van der Waals surface area (Å²) in [6.45, 7) is 10.1. The summed E-state index contributed by atoms with van der Waals surface area (Å²) in [5.41, 5.74) is 7.01. The first-order valence-corrected chi connectivity index (χ1v) is 10.8. The monoisotopic (exact) mass is 435 g/mol. The molecule has 0 aliphatic rings. The van der Waals surface area contributed by atoms with Crippen LogP contribution in [0.1, 0.15) is 36.1 Å². The van der Waals surface area contributed by atoms with Crippen LogP contribution in [0, 0.1) is 26.6 Å². The lowest BCUT2D eigenvalue weighted by Crippen LogP contribution is -2.19. The van der Waals surface area contributed by atoms with Crippen LogP contribution in [0.25, 0.3) is 11.1 Å². The van der Waals surface area contributed by atoms with Crippen LogP contribution in [-0.4, -0.2) is 18.7 Å². The fraction of sp³-hybridized carbons (Fsp3) is 0.296. The lowest BCUT2D eigenvalue weighted by atomic mass is 10.00. The van der Waals surface area contributed by atoms with Gasteiger partial charge in [0.1, 0.15) is 11.6 Å². The molecule has 0 fully saturated rings. The Morgan fingerprint density at radius 3 is 2.50 bits per heavy atom. The van der Waals surface area contributed by atoms with Crippen molar-refractivity contribution in [2.75, 3.05) is 11.9 Å². The van der Waals surface area contributed by atoms with E-state index in [-0.39, 0.29) is 24.5 Å². The van der Waals surface area contributed by atoms with Crippen molar-refractivity contribution in [3.63, 3.8) is 0 Å². The molecule has 5 heteroatoms. The lowest BCUT2D eigenvalue weighted by Gasteiger charge is -2.17. The molecule has 0 aromatic heterocycles. The second kappa shape index (κ2) is 10.3. The molecule has 0 bridgehead atoms. The molecule has 0 atom stereocenters. The molecule has 0 saturated heterocycles. The van der Waals surface area contributed by atoms with Gasteiger partial charge in [0.05, 0.1) is 6.10 Å². The molecule has 0 saturated carbocycles. The summed E-state index contributed by atoms with van der Waals surface area (Å²) in [5.74, 6) is 0.00615. The second-order valence-electron chi connectivity index (χ2n) is 8.28. The number of hydrogen-bond acceptors (Lipinski definition) is 4. The van der Waals surface area contributed by atoms with Crippen molar-refractivity contribution in [3.8, 4) is 16.9 Å². The number of halogens is 1. The number of benzene rings is 3. The number of anilines is 1. The van der Waals surface area contributed by atoms with E-state index in [4.69, 9.17) is 9.47 Å². The largest absolute Gasteiger partial charge is 0.482 e. The van der Waals surface area contributed by atoms with Crippen LogP contribution in [-0.2, 0) is 16.1 Å². The average molecular weight is 436 g/mol. The number of hydrogen-bond donors (Lipinski definition) is 1. The van der Waals surface area contributed by atoms with Gasteiger partial charge >= 0.3 is 5.97 Å². The van der Waals surface area contributed by atoms with Gasteiger partial charge in [0.2, 0.25) is 0 Å². The van der Waals surface area contributed by atoms with Crippen molar-refractivity contribution in [3.05, 3.63) is 82.7 Å². The fourth-order valence-electron chi connectivity index (χ4n) is 3.68. The average Bonchev–Trinajstić information content (AvgIpc) is 2.72. The Bertz CT molecular complexity index is 1110. The predicted octanol–water partition coefficient (Wildman–Crippen LogP) is 6.36. The second-order valence-corrected chi connectivity index (χ2v) is 8.28. The van der Waals surface area contributed by atoms with E-state index in [2.05, 4.69) is 23.5 Å². The molecule has 168 valence electrons. The summed E-state index contributed by atoms with van der Waals surface area (Å²) in [4.78, 5) is 11.8. The van der Waals surface area contributed by atoms with E-state index in [1.54, 1.807) is 12.1 Å². The summed E-state index contributed by atoms with van der Waals surface area (Å²) < 4.78 is 24.5. The van der Waals surface area contributed by atoms with Gasteiger partial charge in [0, 0.05) is 17.8 Å². The Morgan fingerprint density at radius 2 is 1.78 bits per heavy atom. The molecule has 32 heavy (non-hydrogen) atoms. The van der Waals surface area contributed by atoms with Gasteiger partial charge in [0.25, 0.3) is 0 Å². The van der Waals surface area contributed by atoms with Gasteiger partial charge in [-0.1, -0.05) is 35.9 Å². The third-order valence-electron chi connectivity index (χ3n) is 5.10. The molecule has 0 aliphatic heterocycles. The maximum atomic E-state index is 13.7. The van der Waals surface area contributed by atoms with Crippen molar-refractivity contribution in [2.45, 2.75) is 47.3 Å². The number of nitrogens with one attached hydrogen (secondary N) is 1. The number of carbonyl (C=O) groups is 1. The van der Waals surface area contributed by atoms with Gasteiger partial charge in [0.15, 0.2) is 6.61 Å². The molecule has 3 aromatic rings. The van der Waals surface area contributed by atoms with Crippen molar-refractivity contribution >= 4 is 11.7 Å². The van der Waals surface area contributed by atoms with E-state index in [1.807, 2.05) is 52.8 Å². The van der Waals surface area contributed by atoms with Crippen LogP contribution < -0.4 is 10.1 Å². The quantitative estimate of drug-likeness (QED) is 0.418. The zero-order valence-corrected chi connectivity index (χ0v) is 19.3. The highest BCUT2D eigenvalue weighted by Crippen LogP contribution is 2.30. The van der Waals surface area contributed by atoms with Gasteiger partial charge in [-0.3, -0.25) is 0 Å². The zero-order chi connectivity index (χ0) is 23.3. The SMILES string of the molecule is Cc1cc(CNc2c(C)ccc(OCC(=O)OC(C)C)c2C)cc(-c2cccc(F)c2)c1. The van der Waals surface area contributed by atoms with Gasteiger partial charge < -0.3 is 14.8 Å². The van der Waals surface area contributed by atoms with E-state index in [0.717, 1.165) is 39.1 Å². The summed E-state index contributed by atoms with van der Waals surface area (Å²) >= 11 is 0. The van der Waals surface area contributed by atoms with Gasteiger partial charge in [-0.25, -0.2) is 9.18 Å². The van der Waals surface area contributed by atoms with Crippen LogP contribution in [0.2, 0.25) is 0 Å². The van der Waals surface area contributed by atoms with E-state index in [0.29, 0.717) is 12.3 Å². The first kappa shape index (κ1) is 23.3. The van der Waals surface area contributed by atoms with E-state index < -0.39 is 0 Å². The van der Waals surface area contributed by atoms with Crippen LogP contribution >= 0.6 is 0 Å². The Labute approximate surface area is 189 Å². The maximum Gasteiger partial charge on any atom is 0.344 e. The van der Waals surface area contributed by atoms with Crippen LogP contribution in [0.5, 0.6) is 5.75 Å². The Morgan fingerprint density at radius 1 is 1.00 bits per heavy atom. The molecule has 3 aromatic carbocycles. The Balaban J connectivity index is 1.76. The van der Waals surface area contributed by atoms with Crippen LogP contribution in [0.3, 0.4) is 0 Å². The molecule has 0 aliphatic carbocycles. The lowest BCUT2D eigenvalue weighted by molar-refractivity contribution is -0.149. The predicted molar refractivity (Wildman–Crippen MR) is 127 cm³/mol. The van der Waals surface area contributed by atoms with Crippen LogP contribution in [0.4, 0.5) is 10.1 Å². The highest BCUT2D eigenvalue weighted by molar-refractivity contribution is 5.72. The standard InChI is InChI=1S/C27H30FNO3/c1-17(2)32-26(30)16-31-25-10-9-19(4)27(20(25)5)29-15-21-11-18(3)12-23(13-21)22-7-6-8-24(28)14-22/h6-14,17,29H,15-16H2,1-5H3. The molecule has 3 rings (SSSR count). The highest BCUT2D eigenvalue weighted by atomic mass is 19.1. The first-order chi connectivity index (χ1) is 15.2. The zero-order valence-electron chi connectivity index (χ0n) is 19.3. The number of ether oxygens (including phenoxy) is 2. The maximum absolute atomic E-state index is 13.7. The van der Waals surface area contributed by atoms with E-state index >= 15 is 0 Å². The molecular weight excluding hydrogens is 405 g/mol. The number of rotatable bonds is 8. The number of carbonyl (C=O) groups excluding carboxylic acids is 1. The summed E-state index contributed by atoms with van der Waals surface area (Å²) in [5, 5.41) is 3.50. The van der Waals surface area contributed by atoms with Gasteiger partial charge in [-0.15, -0.1) is 0 Å². The highest BCUT2D eigenvalue weighted by Gasteiger charge is 2.12. The fourth-order valence-corrected chi connectivity index (χ4v) is 3.68. The normalized spacial score (nSPS) is 10.8. The van der Waals surface area contributed by atoms with Crippen molar-refractivity contribution in [1.29, 1.82) is 0 Å². The van der Waals surface area contributed by atoms with E-state index in [9.17, 15) is 9.18 Å². The molecule has 4 nitrogen and oxygen atoms in total. The minimum Gasteiger partial charge on any atom is -0.482 e. The Hall–Kier alpha value is -3.34. The summed E-state index contributed by atoms with van der Waals surface area (Å²) in [6, 6.07) is 16.7. The molecule has 1 N–H and O–H groups in total. The van der Waals surface area contributed by atoms with Gasteiger partial charge in [-0.05, 0) is 81.1 Å². The minimum atomic E-state index is -0.390. The van der Waals surface area contributed by atoms with Crippen molar-refractivity contribution < 1.29 is 18.7 Å². The smallest absolute Gasteiger partial charge is 0.344 e. The number of aryl methyl sites for hydroxylation is 2. The summed E-state index contributed by atoms with van der Waals surface area (Å²) in [7, 11) is 0.